The summed E-state index contributed by atoms with van der Waals surface area (Å²) in [6.45, 7) is 3.73. The molecule has 1 fully saturated rings. The standard InChI is InChI=1S/C17H27N3O2/c1-3-13-6-8-14(9-7-13)16(12-21)19-17(22)18-11-15-5-4-10-20(15)2/h6-9,15-16,21H,3-5,10-12H2,1-2H3,(H2,18,19,22). The summed E-state index contributed by atoms with van der Waals surface area (Å²) in [4.78, 5) is 14.3. The molecule has 122 valence electrons. The molecule has 0 spiro atoms. The molecule has 0 aliphatic carbocycles. The summed E-state index contributed by atoms with van der Waals surface area (Å²) in [5, 5.41) is 15.3. The van der Waals surface area contributed by atoms with Crippen LogP contribution in [0.2, 0.25) is 0 Å². The first-order valence-corrected chi connectivity index (χ1v) is 8.08. The molecule has 1 aliphatic heterocycles. The molecule has 0 aromatic heterocycles. The quantitative estimate of drug-likeness (QED) is 0.749. The zero-order chi connectivity index (χ0) is 15.9. The monoisotopic (exact) mass is 305 g/mol. The summed E-state index contributed by atoms with van der Waals surface area (Å²) in [6.07, 6.45) is 3.29. The first-order chi connectivity index (χ1) is 10.6. The van der Waals surface area contributed by atoms with Crippen LogP contribution in [0.1, 0.15) is 36.9 Å². The van der Waals surface area contributed by atoms with Gasteiger partial charge in [0.05, 0.1) is 12.6 Å². The summed E-state index contributed by atoms with van der Waals surface area (Å²) in [6, 6.07) is 7.82. The Morgan fingerprint density at radius 1 is 1.41 bits per heavy atom. The predicted molar refractivity (Wildman–Crippen MR) is 87.8 cm³/mol. The van der Waals surface area contributed by atoms with Crippen molar-refractivity contribution in [1.29, 1.82) is 0 Å². The zero-order valence-corrected chi connectivity index (χ0v) is 13.5. The molecule has 5 heteroatoms. The molecule has 0 saturated carbocycles. The highest BCUT2D eigenvalue weighted by atomic mass is 16.3. The van der Waals surface area contributed by atoms with Crippen molar-refractivity contribution in [3.05, 3.63) is 35.4 Å². The molecular formula is C17H27N3O2. The van der Waals surface area contributed by atoms with Crippen LogP contribution in [0, 0.1) is 0 Å². The van der Waals surface area contributed by atoms with Crippen LogP contribution in [0.3, 0.4) is 0 Å². The highest BCUT2D eigenvalue weighted by Gasteiger charge is 2.21. The van der Waals surface area contributed by atoms with Gasteiger partial charge in [0.15, 0.2) is 0 Å². The van der Waals surface area contributed by atoms with Crippen molar-refractivity contribution >= 4 is 6.03 Å². The highest BCUT2D eigenvalue weighted by Crippen LogP contribution is 2.15. The van der Waals surface area contributed by atoms with Crippen LogP contribution in [0.5, 0.6) is 0 Å². The molecule has 1 aromatic rings. The van der Waals surface area contributed by atoms with Gasteiger partial charge in [0.2, 0.25) is 0 Å². The van der Waals surface area contributed by atoms with Crippen molar-refractivity contribution in [3.8, 4) is 0 Å². The number of hydrogen-bond donors (Lipinski definition) is 3. The van der Waals surface area contributed by atoms with Crippen LogP contribution in [0.15, 0.2) is 24.3 Å². The maximum Gasteiger partial charge on any atom is 0.315 e. The van der Waals surface area contributed by atoms with Gasteiger partial charge in [-0.3, -0.25) is 0 Å². The molecule has 22 heavy (non-hydrogen) atoms. The summed E-state index contributed by atoms with van der Waals surface area (Å²) in [5.41, 5.74) is 2.17. The fourth-order valence-corrected chi connectivity index (χ4v) is 2.88. The van der Waals surface area contributed by atoms with E-state index in [-0.39, 0.29) is 18.7 Å². The number of carbonyl (C=O) groups is 1. The summed E-state index contributed by atoms with van der Waals surface area (Å²) < 4.78 is 0. The molecular weight excluding hydrogens is 278 g/mol. The van der Waals surface area contributed by atoms with Gasteiger partial charge in [0, 0.05) is 12.6 Å². The molecule has 3 N–H and O–H groups in total. The van der Waals surface area contributed by atoms with Crippen LogP contribution in [-0.2, 0) is 6.42 Å². The number of amides is 2. The largest absolute Gasteiger partial charge is 0.394 e. The number of nitrogens with one attached hydrogen (secondary N) is 2. The zero-order valence-electron chi connectivity index (χ0n) is 13.5. The molecule has 1 aromatic carbocycles. The number of rotatable bonds is 6. The van der Waals surface area contributed by atoms with E-state index >= 15 is 0 Å². The van der Waals surface area contributed by atoms with Gasteiger partial charge >= 0.3 is 6.03 Å². The molecule has 2 rings (SSSR count). The normalized spacial score (nSPS) is 19.9. The van der Waals surface area contributed by atoms with Crippen LogP contribution in [-0.4, -0.2) is 48.8 Å². The third kappa shape index (κ3) is 4.45. The van der Waals surface area contributed by atoms with E-state index in [2.05, 4.69) is 29.5 Å². The van der Waals surface area contributed by atoms with E-state index in [4.69, 9.17) is 0 Å². The third-order valence-electron chi connectivity index (χ3n) is 4.45. The summed E-state index contributed by atoms with van der Waals surface area (Å²) in [5.74, 6) is 0. The van der Waals surface area contributed by atoms with Crippen molar-refractivity contribution < 1.29 is 9.90 Å². The smallest absolute Gasteiger partial charge is 0.315 e. The lowest BCUT2D eigenvalue weighted by Gasteiger charge is -2.22. The topological polar surface area (TPSA) is 64.6 Å². The Morgan fingerprint density at radius 2 is 2.14 bits per heavy atom. The first kappa shape index (κ1) is 16.8. The Morgan fingerprint density at radius 3 is 2.68 bits per heavy atom. The molecule has 1 aliphatic rings. The SMILES string of the molecule is CCc1ccc(C(CO)NC(=O)NCC2CCCN2C)cc1. The lowest BCUT2D eigenvalue weighted by Crippen LogP contribution is -2.44. The lowest BCUT2D eigenvalue weighted by molar-refractivity contribution is 0.213. The second-order valence-corrected chi connectivity index (χ2v) is 5.96. The Kier molecular flexibility index (Phi) is 6.21. The van der Waals surface area contributed by atoms with E-state index in [0.29, 0.717) is 12.6 Å². The number of urea groups is 1. The van der Waals surface area contributed by atoms with Crippen LogP contribution in [0.25, 0.3) is 0 Å². The van der Waals surface area contributed by atoms with Gasteiger partial charge in [0.25, 0.3) is 0 Å². The van der Waals surface area contributed by atoms with Crippen molar-refractivity contribution in [2.24, 2.45) is 0 Å². The van der Waals surface area contributed by atoms with Gasteiger partial charge in [-0.05, 0) is 44.0 Å². The lowest BCUT2D eigenvalue weighted by atomic mass is 10.0. The molecule has 1 saturated heterocycles. The average molecular weight is 305 g/mol. The van der Waals surface area contributed by atoms with Crippen molar-refractivity contribution in [3.63, 3.8) is 0 Å². The molecule has 5 nitrogen and oxygen atoms in total. The Hall–Kier alpha value is -1.59. The molecule has 1 heterocycles. The summed E-state index contributed by atoms with van der Waals surface area (Å²) >= 11 is 0. The van der Waals surface area contributed by atoms with Gasteiger partial charge in [-0.1, -0.05) is 31.2 Å². The first-order valence-electron chi connectivity index (χ1n) is 8.08. The minimum atomic E-state index is -0.368. The van der Waals surface area contributed by atoms with Crippen molar-refractivity contribution in [1.82, 2.24) is 15.5 Å². The average Bonchev–Trinajstić information content (AvgIpc) is 2.96. The summed E-state index contributed by atoms with van der Waals surface area (Å²) in [7, 11) is 2.09. The molecule has 0 bridgehead atoms. The third-order valence-corrected chi connectivity index (χ3v) is 4.45. The van der Waals surface area contributed by atoms with E-state index in [1.165, 1.54) is 12.0 Å². The number of carbonyl (C=O) groups excluding carboxylic acids is 1. The number of aliphatic hydroxyl groups excluding tert-OH is 1. The minimum absolute atomic E-state index is 0.109. The molecule has 0 radical (unpaired) electrons. The van der Waals surface area contributed by atoms with Crippen molar-refractivity contribution in [2.45, 2.75) is 38.3 Å². The van der Waals surface area contributed by atoms with Gasteiger partial charge in [-0.25, -0.2) is 4.79 Å². The van der Waals surface area contributed by atoms with Crippen LogP contribution < -0.4 is 10.6 Å². The second-order valence-electron chi connectivity index (χ2n) is 5.96. The Labute approximate surface area is 132 Å². The number of benzene rings is 1. The number of aliphatic hydroxyl groups is 1. The van der Waals surface area contributed by atoms with E-state index < -0.39 is 0 Å². The Balaban J connectivity index is 1.84. The minimum Gasteiger partial charge on any atom is -0.394 e. The van der Waals surface area contributed by atoms with E-state index in [1.807, 2.05) is 24.3 Å². The fourth-order valence-electron chi connectivity index (χ4n) is 2.88. The number of nitrogens with zero attached hydrogens (tertiary/aromatic N) is 1. The van der Waals surface area contributed by atoms with Gasteiger partial charge < -0.3 is 20.6 Å². The van der Waals surface area contributed by atoms with Crippen LogP contribution >= 0.6 is 0 Å². The highest BCUT2D eigenvalue weighted by molar-refractivity contribution is 5.74. The predicted octanol–water partition coefficient (Wildman–Crippen LogP) is 1.68. The molecule has 2 atom stereocenters. The maximum absolute atomic E-state index is 12.0. The van der Waals surface area contributed by atoms with E-state index in [0.717, 1.165) is 24.9 Å². The number of likely N-dealkylation sites (N-methyl/N-ethyl adjacent to an activating group) is 1. The number of hydrogen-bond acceptors (Lipinski definition) is 3. The van der Waals surface area contributed by atoms with E-state index in [1.54, 1.807) is 0 Å². The Bertz CT molecular complexity index is 475. The number of likely N-dealkylation sites (tertiary alicyclic amines) is 1. The maximum atomic E-state index is 12.0. The van der Waals surface area contributed by atoms with Crippen LogP contribution in [0.4, 0.5) is 4.79 Å². The second kappa shape index (κ2) is 8.15. The molecule has 2 amide bonds. The fraction of sp³-hybridized carbons (Fsp3) is 0.588. The molecule has 2 unspecified atom stereocenters. The van der Waals surface area contributed by atoms with Gasteiger partial charge in [-0.2, -0.15) is 0 Å². The van der Waals surface area contributed by atoms with Gasteiger partial charge in [0.1, 0.15) is 0 Å². The number of aryl methyl sites for hydroxylation is 1. The van der Waals surface area contributed by atoms with E-state index in [9.17, 15) is 9.90 Å². The van der Waals surface area contributed by atoms with Crippen molar-refractivity contribution in [2.75, 3.05) is 26.7 Å². The van der Waals surface area contributed by atoms with Gasteiger partial charge in [-0.15, -0.1) is 0 Å².